The number of benzene rings is 1. The highest BCUT2D eigenvalue weighted by Gasteiger charge is 2.35. The molecule has 0 saturated carbocycles. The Morgan fingerprint density at radius 1 is 1.23 bits per heavy atom. The maximum absolute atomic E-state index is 12.9. The first-order valence-corrected chi connectivity index (χ1v) is 4.50. The van der Waals surface area contributed by atoms with Crippen molar-refractivity contribution in [2.75, 3.05) is 0 Å². The highest BCUT2D eigenvalue weighted by molar-refractivity contribution is 14.1. The molecule has 1 aromatic carbocycles. The van der Waals surface area contributed by atoms with Gasteiger partial charge in [0.25, 0.3) is 0 Å². The topological polar surface area (TPSA) is 0 Å². The monoisotopic (exact) mass is 324 g/mol. The Hall–Kier alpha value is -0.0400. The average molecular weight is 324 g/mol. The number of halogens is 6. The normalized spacial score (nSPS) is 11.8. The lowest BCUT2D eigenvalue weighted by molar-refractivity contribution is -0.140. The molecule has 0 bridgehead atoms. The van der Waals surface area contributed by atoms with E-state index in [1.54, 1.807) is 0 Å². The molecule has 0 aliphatic carbocycles. The summed E-state index contributed by atoms with van der Waals surface area (Å²) in [5, 5.41) is -0.127. The van der Waals surface area contributed by atoms with Crippen LogP contribution in [-0.2, 0) is 6.18 Å². The van der Waals surface area contributed by atoms with Gasteiger partial charge in [0.05, 0.1) is 9.13 Å². The van der Waals surface area contributed by atoms with Gasteiger partial charge in [-0.2, -0.15) is 13.2 Å². The summed E-state index contributed by atoms with van der Waals surface area (Å²) in [5.74, 6) is -1.28. The van der Waals surface area contributed by atoms with Crippen molar-refractivity contribution >= 4 is 34.2 Å². The van der Waals surface area contributed by atoms with Gasteiger partial charge in [-0.05, 0) is 34.7 Å². The summed E-state index contributed by atoms with van der Waals surface area (Å²) in [6.45, 7) is 0. The van der Waals surface area contributed by atoms with Crippen LogP contribution in [0.4, 0.5) is 17.6 Å². The van der Waals surface area contributed by atoms with E-state index in [2.05, 4.69) is 0 Å². The summed E-state index contributed by atoms with van der Waals surface area (Å²) >= 11 is 6.81. The molecule has 72 valence electrons. The summed E-state index contributed by atoms with van der Waals surface area (Å²) in [7, 11) is 0. The lowest BCUT2D eigenvalue weighted by atomic mass is 10.2. The lowest BCUT2D eigenvalue weighted by Gasteiger charge is -2.09. The molecule has 0 aliphatic heterocycles. The fraction of sp³-hybridized carbons (Fsp3) is 0.143. The minimum absolute atomic E-state index is 0.127. The van der Waals surface area contributed by atoms with Crippen LogP contribution < -0.4 is 0 Å². The Morgan fingerprint density at radius 2 is 1.77 bits per heavy atom. The van der Waals surface area contributed by atoms with E-state index in [-0.39, 0.29) is 8.59 Å². The van der Waals surface area contributed by atoms with Crippen molar-refractivity contribution in [3.63, 3.8) is 0 Å². The molecule has 0 nitrogen and oxygen atoms in total. The van der Waals surface area contributed by atoms with Gasteiger partial charge in [0, 0.05) is 5.02 Å². The van der Waals surface area contributed by atoms with Crippen molar-refractivity contribution in [3.8, 4) is 0 Å². The van der Waals surface area contributed by atoms with Gasteiger partial charge in [-0.25, -0.2) is 4.39 Å². The van der Waals surface area contributed by atoms with Crippen molar-refractivity contribution in [2.24, 2.45) is 0 Å². The van der Waals surface area contributed by atoms with Gasteiger partial charge in [0.1, 0.15) is 5.82 Å². The maximum Gasteiger partial charge on any atom is 0.419 e. The van der Waals surface area contributed by atoms with E-state index in [9.17, 15) is 17.6 Å². The Bertz CT molecular complexity index is 334. The fourth-order valence-electron chi connectivity index (χ4n) is 0.762. The minimum Gasteiger partial charge on any atom is -0.205 e. The molecule has 0 heterocycles. The Morgan fingerprint density at radius 3 is 2.23 bits per heavy atom. The number of hydrogen-bond acceptors (Lipinski definition) is 0. The predicted octanol–water partition coefficient (Wildman–Crippen LogP) is 4.10. The van der Waals surface area contributed by atoms with Crippen LogP contribution in [0.1, 0.15) is 5.56 Å². The molecule has 0 N–H and O–H groups in total. The Kier molecular flexibility index (Phi) is 3.06. The molecular formula is C7H2ClF4I. The molecule has 0 aliphatic rings. The summed E-state index contributed by atoms with van der Waals surface area (Å²) in [6.07, 6.45) is -4.70. The highest BCUT2D eigenvalue weighted by atomic mass is 127. The third-order valence-corrected chi connectivity index (χ3v) is 2.30. The first kappa shape index (κ1) is 11.0. The van der Waals surface area contributed by atoms with Crippen molar-refractivity contribution in [1.82, 2.24) is 0 Å². The van der Waals surface area contributed by atoms with Gasteiger partial charge in [0.2, 0.25) is 0 Å². The second-order valence-electron chi connectivity index (χ2n) is 2.25. The van der Waals surface area contributed by atoms with E-state index < -0.39 is 17.6 Å². The van der Waals surface area contributed by atoms with Gasteiger partial charge in [-0.3, -0.25) is 0 Å². The standard InChI is InChI=1S/C7H2ClF4I/c8-3-1-4(7(10,11)12)6(9)5(13)2-3/h1-2H. The average Bonchev–Trinajstić information content (AvgIpc) is 1.94. The van der Waals surface area contributed by atoms with Crippen molar-refractivity contribution in [1.29, 1.82) is 0 Å². The van der Waals surface area contributed by atoms with Gasteiger partial charge in [-0.15, -0.1) is 0 Å². The van der Waals surface area contributed by atoms with Crippen LogP contribution in [0.3, 0.4) is 0 Å². The van der Waals surface area contributed by atoms with Crippen LogP contribution in [0, 0.1) is 9.39 Å². The van der Waals surface area contributed by atoms with Gasteiger partial charge < -0.3 is 0 Å². The number of alkyl halides is 3. The summed E-state index contributed by atoms with van der Waals surface area (Å²) in [6, 6.07) is 1.70. The molecule has 0 amide bonds. The molecule has 13 heavy (non-hydrogen) atoms. The summed E-state index contributed by atoms with van der Waals surface area (Å²) in [5.41, 5.74) is -1.33. The molecule has 0 atom stereocenters. The summed E-state index contributed by atoms with van der Waals surface area (Å²) in [4.78, 5) is 0. The Labute approximate surface area is 90.0 Å². The van der Waals surface area contributed by atoms with Crippen LogP contribution in [0.15, 0.2) is 12.1 Å². The predicted molar refractivity (Wildman–Crippen MR) is 49.1 cm³/mol. The maximum atomic E-state index is 12.9. The van der Waals surface area contributed by atoms with Crippen LogP contribution >= 0.6 is 34.2 Å². The van der Waals surface area contributed by atoms with Crippen LogP contribution in [-0.4, -0.2) is 0 Å². The second-order valence-corrected chi connectivity index (χ2v) is 3.85. The van der Waals surface area contributed by atoms with E-state index in [4.69, 9.17) is 11.6 Å². The van der Waals surface area contributed by atoms with Crippen LogP contribution in [0.2, 0.25) is 5.02 Å². The quantitative estimate of drug-likeness (QED) is 0.383. The second kappa shape index (κ2) is 3.61. The molecule has 0 aromatic heterocycles. The van der Waals surface area contributed by atoms with Gasteiger partial charge in [0.15, 0.2) is 0 Å². The number of rotatable bonds is 0. The Balaban J connectivity index is 3.37. The summed E-state index contributed by atoms with van der Waals surface area (Å²) < 4.78 is 49.1. The van der Waals surface area contributed by atoms with Crippen molar-refractivity contribution in [3.05, 3.63) is 32.1 Å². The molecule has 0 fully saturated rings. The van der Waals surface area contributed by atoms with E-state index in [1.807, 2.05) is 0 Å². The third-order valence-electron chi connectivity index (χ3n) is 1.30. The van der Waals surface area contributed by atoms with E-state index in [1.165, 1.54) is 22.6 Å². The van der Waals surface area contributed by atoms with Crippen LogP contribution in [0.5, 0.6) is 0 Å². The molecule has 6 heteroatoms. The zero-order valence-electron chi connectivity index (χ0n) is 5.92. The molecule has 0 unspecified atom stereocenters. The van der Waals surface area contributed by atoms with Crippen molar-refractivity contribution < 1.29 is 17.6 Å². The molecule has 0 saturated heterocycles. The molecule has 0 spiro atoms. The van der Waals surface area contributed by atoms with Crippen molar-refractivity contribution in [2.45, 2.75) is 6.18 Å². The van der Waals surface area contributed by atoms with Gasteiger partial charge >= 0.3 is 6.18 Å². The SMILES string of the molecule is Fc1c(I)cc(Cl)cc1C(F)(F)F. The zero-order chi connectivity index (χ0) is 10.2. The highest BCUT2D eigenvalue weighted by Crippen LogP contribution is 2.34. The first-order valence-electron chi connectivity index (χ1n) is 3.04. The fourth-order valence-corrected chi connectivity index (χ4v) is 1.79. The smallest absolute Gasteiger partial charge is 0.205 e. The van der Waals surface area contributed by atoms with E-state index in [0.29, 0.717) is 6.07 Å². The molecular weight excluding hydrogens is 322 g/mol. The largest absolute Gasteiger partial charge is 0.419 e. The molecule has 0 radical (unpaired) electrons. The zero-order valence-corrected chi connectivity index (χ0v) is 8.84. The first-order chi connectivity index (χ1) is 5.82. The van der Waals surface area contributed by atoms with E-state index in [0.717, 1.165) is 6.07 Å². The molecule has 1 rings (SSSR count). The lowest BCUT2D eigenvalue weighted by Crippen LogP contribution is -2.09. The number of hydrogen-bond donors (Lipinski definition) is 0. The van der Waals surface area contributed by atoms with Gasteiger partial charge in [-0.1, -0.05) is 11.6 Å². The molecule has 1 aromatic rings. The van der Waals surface area contributed by atoms with Crippen LogP contribution in [0.25, 0.3) is 0 Å². The third kappa shape index (κ3) is 2.46. The van der Waals surface area contributed by atoms with E-state index >= 15 is 0 Å². The minimum atomic E-state index is -4.70.